The zero-order valence-corrected chi connectivity index (χ0v) is 17.9. The molecule has 0 spiro atoms. The summed E-state index contributed by atoms with van der Waals surface area (Å²) in [6.07, 6.45) is 10.5. The molecule has 0 radical (unpaired) electrons. The first kappa shape index (κ1) is 22.2. The second-order valence-electron chi connectivity index (χ2n) is 5.98. The third-order valence-corrected chi connectivity index (χ3v) is 10.7. The maximum atomic E-state index is 10.3. The molecule has 0 fully saturated rings. The number of aromatic carboxylic acids is 1. The quantitative estimate of drug-likeness (QED) is 0.384. The number of benzene rings is 1. The third kappa shape index (κ3) is 12.3. The van der Waals surface area contributed by atoms with Gasteiger partial charge in [-0.25, -0.2) is 0 Å². The van der Waals surface area contributed by atoms with Crippen LogP contribution in [0.3, 0.4) is 0 Å². The Morgan fingerprint density at radius 1 is 1.04 bits per heavy atom. The molecule has 0 aliphatic rings. The van der Waals surface area contributed by atoms with Crippen molar-refractivity contribution < 1.29 is 9.90 Å². The topological polar surface area (TPSA) is 40.1 Å². The fourth-order valence-corrected chi connectivity index (χ4v) is 7.82. The van der Waals surface area contributed by atoms with Crippen molar-refractivity contribution in [2.45, 2.75) is 66.2 Å². The van der Waals surface area contributed by atoms with Crippen LogP contribution >= 0.6 is 0 Å². The van der Waals surface area contributed by atoms with Crippen LogP contribution in [0.25, 0.3) is 6.08 Å². The standard InChI is InChI=1S/C9H8O2.2C5H11.CH3.Sn/c1-2-7-3-5-8(6-4-7)9(10)11;2*1-3-5-4-2;;/h2-6H,1H2,(H,10,11);2*1,3-5H2,2H3;1H3;/q;;;;+1/p-1. The number of carbonyl (C=O) groups is 1. The molecule has 0 bridgehead atoms. The van der Waals surface area contributed by atoms with Gasteiger partial charge in [0.05, 0.1) is 5.97 Å². The first-order chi connectivity index (χ1) is 11.0. The molecule has 0 aromatic heterocycles. The summed E-state index contributed by atoms with van der Waals surface area (Å²) in [6, 6.07) is 6.34. The van der Waals surface area contributed by atoms with E-state index in [-0.39, 0.29) is 5.56 Å². The van der Waals surface area contributed by atoms with Crippen LogP contribution in [0.4, 0.5) is 0 Å². The van der Waals surface area contributed by atoms with Crippen molar-refractivity contribution in [3.63, 3.8) is 0 Å². The van der Waals surface area contributed by atoms with Gasteiger partial charge < -0.3 is 9.90 Å². The van der Waals surface area contributed by atoms with Gasteiger partial charge in [0.2, 0.25) is 0 Å². The number of hydrogen-bond acceptors (Lipinski definition) is 2. The Labute approximate surface area is 149 Å². The van der Waals surface area contributed by atoms with Crippen molar-refractivity contribution in [3.8, 4) is 0 Å². The Morgan fingerprint density at radius 3 is 1.87 bits per heavy atom. The van der Waals surface area contributed by atoms with E-state index in [0.717, 1.165) is 5.56 Å². The van der Waals surface area contributed by atoms with E-state index < -0.39 is 25.7 Å². The predicted octanol–water partition coefficient (Wildman–Crippen LogP) is 5.18. The summed E-state index contributed by atoms with van der Waals surface area (Å²) >= 11 is -0.781. The molecule has 23 heavy (non-hydrogen) atoms. The Bertz CT molecular complexity index is 416. The molecule has 3 heteroatoms. The van der Waals surface area contributed by atoms with Crippen LogP contribution in [0.15, 0.2) is 30.8 Å². The molecular weight excluding hydrogens is 391 g/mol. The van der Waals surface area contributed by atoms with Crippen molar-refractivity contribution in [1.29, 1.82) is 0 Å². The van der Waals surface area contributed by atoms with Gasteiger partial charge in [-0.15, -0.1) is 0 Å². The Hall–Kier alpha value is -0.771. The molecule has 0 amide bonds. The molecule has 1 rings (SSSR count). The molecule has 128 valence electrons. The first-order valence-corrected chi connectivity index (χ1v) is 15.7. The fourth-order valence-electron chi connectivity index (χ4n) is 2.23. The van der Waals surface area contributed by atoms with Gasteiger partial charge in [-0.2, -0.15) is 0 Å². The molecule has 0 atom stereocenters. The molecule has 0 aliphatic heterocycles. The van der Waals surface area contributed by atoms with Gasteiger partial charge in [-0.1, -0.05) is 36.9 Å². The molecule has 0 aliphatic carbocycles. The van der Waals surface area contributed by atoms with E-state index in [1.165, 1.54) is 50.7 Å². The van der Waals surface area contributed by atoms with Gasteiger partial charge in [0.15, 0.2) is 0 Å². The summed E-state index contributed by atoms with van der Waals surface area (Å²) in [4.78, 5) is 12.9. The van der Waals surface area contributed by atoms with Crippen molar-refractivity contribution in [2.24, 2.45) is 0 Å². The number of unbranched alkanes of at least 4 members (excludes halogenated alkanes) is 4. The van der Waals surface area contributed by atoms with Crippen LogP contribution in [-0.4, -0.2) is 25.7 Å². The fraction of sp³-hybridized carbons (Fsp3) is 0.550. The van der Waals surface area contributed by atoms with Crippen LogP contribution < -0.4 is 5.11 Å². The van der Waals surface area contributed by atoms with Crippen LogP contribution in [-0.2, 0) is 0 Å². The van der Waals surface area contributed by atoms with E-state index in [9.17, 15) is 9.90 Å². The monoisotopic (exact) mass is 424 g/mol. The van der Waals surface area contributed by atoms with E-state index in [1.54, 1.807) is 27.1 Å². The molecule has 0 saturated heterocycles. The van der Waals surface area contributed by atoms with Gasteiger partial charge in [-0.3, -0.25) is 0 Å². The molecule has 2 nitrogen and oxygen atoms in total. The van der Waals surface area contributed by atoms with E-state index in [2.05, 4.69) is 25.4 Å². The molecular formula is C20H32O2Sn. The van der Waals surface area contributed by atoms with Crippen molar-refractivity contribution in [1.82, 2.24) is 0 Å². The average Bonchev–Trinajstić information content (AvgIpc) is 2.56. The average molecular weight is 423 g/mol. The van der Waals surface area contributed by atoms with E-state index in [1.807, 2.05) is 0 Å². The van der Waals surface area contributed by atoms with Gasteiger partial charge in [0.1, 0.15) is 0 Å². The minimum atomic E-state index is -1.15. The molecule has 1 aromatic carbocycles. The predicted molar refractivity (Wildman–Crippen MR) is 101 cm³/mol. The molecule has 1 aromatic rings. The molecule has 0 saturated carbocycles. The van der Waals surface area contributed by atoms with E-state index in [4.69, 9.17) is 0 Å². The zero-order chi connectivity index (χ0) is 17.5. The Morgan fingerprint density at radius 2 is 1.52 bits per heavy atom. The summed E-state index contributed by atoms with van der Waals surface area (Å²) < 4.78 is 3.31. The summed E-state index contributed by atoms with van der Waals surface area (Å²) in [6.45, 7) is 8.15. The van der Waals surface area contributed by atoms with Crippen LogP contribution in [0, 0.1) is 0 Å². The van der Waals surface area contributed by atoms with Crippen LogP contribution in [0.1, 0.15) is 68.3 Å². The van der Waals surface area contributed by atoms with Crippen LogP contribution in [0.5, 0.6) is 0 Å². The summed E-state index contributed by atoms with van der Waals surface area (Å²) in [5, 5.41) is 10.3. The van der Waals surface area contributed by atoms with Crippen LogP contribution in [0.2, 0.25) is 13.8 Å². The van der Waals surface area contributed by atoms with Gasteiger partial charge in [0.25, 0.3) is 0 Å². The molecule has 0 unspecified atom stereocenters. The second kappa shape index (κ2) is 14.8. The number of rotatable bonds is 10. The van der Waals surface area contributed by atoms with E-state index >= 15 is 0 Å². The minimum absolute atomic E-state index is 0.190. The summed E-state index contributed by atoms with van der Waals surface area (Å²) in [5.41, 5.74) is 1.09. The normalized spacial score (nSPS) is 9.70. The molecule has 0 heterocycles. The van der Waals surface area contributed by atoms with Crippen molar-refractivity contribution >= 4 is 31.8 Å². The number of carboxylic acids is 1. The maximum absolute atomic E-state index is 10.3. The summed E-state index contributed by atoms with van der Waals surface area (Å²) in [7, 11) is 0. The number of hydrogen-bond donors (Lipinski definition) is 0. The summed E-state index contributed by atoms with van der Waals surface area (Å²) in [5.74, 6) is -1.15. The van der Waals surface area contributed by atoms with Crippen molar-refractivity contribution in [3.05, 3.63) is 42.0 Å². The Kier molecular flexibility index (Phi) is 14.3. The third-order valence-electron chi connectivity index (χ3n) is 3.80. The molecule has 0 N–H and O–H groups in total. The SMILES string of the molecule is C=Cc1ccc(C(=O)[O-])cc1.CCCC[CH2][Sn+]([CH3])[CH2]CCCC. The second-order valence-corrected chi connectivity index (χ2v) is 14.3. The first-order valence-electron chi connectivity index (χ1n) is 8.80. The van der Waals surface area contributed by atoms with Gasteiger partial charge in [-0.05, 0) is 11.1 Å². The zero-order valence-electron chi connectivity index (χ0n) is 15.1. The number of carbonyl (C=O) groups excluding carboxylic acids is 1. The van der Waals surface area contributed by atoms with Crippen molar-refractivity contribution in [2.75, 3.05) is 0 Å². The Balaban J connectivity index is 0.000000422. The van der Waals surface area contributed by atoms with Gasteiger partial charge >= 0.3 is 85.9 Å². The number of carboxylic acid groups (broad SMARTS) is 1. The van der Waals surface area contributed by atoms with Gasteiger partial charge in [0, 0.05) is 0 Å². The van der Waals surface area contributed by atoms with E-state index in [0.29, 0.717) is 0 Å².